The van der Waals surface area contributed by atoms with E-state index in [1.165, 1.54) is 0 Å². The molecule has 7 nitrogen and oxygen atoms in total. The fourth-order valence-corrected chi connectivity index (χ4v) is 2.84. The Morgan fingerprint density at radius 1 is 1.14 bits per heavy atom. The van der Waals surface area contributed by atoms with Crippen LogP contribution in [0.4, 0.5) is 0 Å². The third kappa shape index (κ3) is 6.96. The molecular formula is C22H29NO6. The van der Waals surface area contributed by atoms with Crippen molar-refractivity contribution in [1.29, 1.82) is 0 Å². The van der Waals surface area contributed by atoms with Crippen LogP contribution >= 0.6 is 0 Å². The van der Waals surface area contributed by atoms with E-state index in [1.807, 2.05) is 19.1 Å². The molecule has 3 N–H and O–H groups in total. The summed E-state index contributed by atoms with van der Waals surface area (Å²) >= 11 is 0. The van der Waals surface area contributed by atoms with Gasteiger partial charge in [-0.25, -0.2) is 4.79 Å². The highest BCUT2D eigenvalue weighted by atomic mass is 16.6. The molecule has 0 unspecified atom stereocenters. The molecule has 29 heavy (non-hydrogen) atoms. The number of carbonyl (C=O) groups excluding carboxylic acids is 1. The largest absolute Gasteiger partial charge is 0.508 e. The molecule has 0 aliphatic rings. The molecule has 2 atom stereocenters. The maximum atomic E-state index is 11.4. The SMILES string of the molecule is CCOC(=O)COc1ccc(CCN[C@@H](C)[C@H](O)c2ccc(O)cc2)cc1OC. The number of aliphatic hydroxyl groups is 1. The second kappa shape index (κ2) is 11.3. The van der Waals surface area contributed by atoms with Crippen LogP contribution in [0.1, 0.15) is 31.1 Å². The normalized spacial score (nSPS) is 12.8. The third-order valence-corrected chi connectivity index (χ3v) is 4.47. The summed E-state index contributed by atoms with van der Waals surface area (Å²) in [6, 6.07) is 11.9. The van der Waals surface area contributed by atoms with Crippen molar-refractivity contribution >= 4 is 5.97 Å². The van der Waals surface area contributed by atoms with Crippen LogP contribution in [0.15, 0.2) is 42.5 Å². The Kier molecular flexibility index (Phi) is 8.76. The highest BCUT2D eigenvalue weighted by molar-refractivity contribution is 5.71. The number of hydrogen-bond acceptors (Lipinski definition) is 7. The van der Waals surface area contributed by atoms with E-state index in [0.29, 0.717) is 24.7 Å². The molecule has 2 rings (SSSR count). The van der Waals surface area contributed by atoms with E-state index in [1.54, 1.807) is 44.4 Å². The second-order valence-electron chi connectivity index (χ2n) is 6.61. The van der Waals surface area contributed by atoms with Gasteiger partial charge in [-0.15, -0.1) is 0 Å². The van der Waals surface area contributed by atoms with Gasteiger partial charge < -0.3 is 29.7 Å². The maximum Gasteiger partial charge on any atom is 0.344 e. The monoisotopic (exact) mass is 403 g/mol. The maximum absolute atomic E-state index is 11.4. The summed E-state index contributed by atoms with van der Waals surface area (Å²) in [5.74, 6) is 0.770. The molecular weight excluding hydrogens is 374 g/mol. The smallest absolute Gasteiger partial charge is 0.344 e. The summed E-state index contributed by atoms with van der Waals surface area (Å²) in [6.45, 7) is 4.45. The molecule has 2 aromatic carbocycles. The van der Waals surface area contributed by atoms with Crippen molar-refractivity contribution in [3.63, 3.8) is 0 Å². The molecule has 0 heterocycles. The van der Waals surface area contributed by atoms with Crippen LogP contribution in [0.3, 0.4) is 0 Å². The summed E-state index contributed by atoms with van der Waals surface area (Å²) in [5, 5.41) is 23.1. The molecule has 2 aromatic rings. The number of hydrogen-bond donors (Lipinski definition) is 3. The van der Waals surface area contributed by atoms with Crippen molar-refractivity contribution in [1.82, 2.24) is 5.32 Å². The summed E-state index contributed by atoms with van der Waals surface area (Å²) < 4.78 is 15.7. The van der Waals surface area contributed by atoms with Gasteiger partial charge in [0.2, 0.25) is 0 Å². The van der Waals surface area contributed by atoms with Gasteiger partial charge >= 0.3 is 5.97 Å². The number of aromatic hydroxyl groups is 1. The molecule has 0 saturated carbocycles. The van der Waals surface area contributed by atoms with Gasteiger partial charge in [-0.05, 0) is 62.2 Å². The van der Waals surface area contributed by atoms with Gasteiger partial charge in [0.05, 0.1) is 19.8 Å². The number of carbonyl (C=O) groups is 1. The predicted octanol–water partition coefficient (Wildman–Crippen LogP) is 2.60. The van der Waals surface area contributed by atoms with E-state index in [-0.39, 0.29) is 18.4 Å². The quantitative estimate of drug-likeness (QED) is 0.496. The van der Waals surface area contributed by atoms with Crippen LogP contribution in [-0.2, 0) is 16.0 Å². The first kappa shape index (κ1) is 22.5. The van der Waals surface area contributed by atoms with Crippen molar-refractivity contribution in [3.05, 3.63) is 53.6 Å². The summed E-state index contributed by atoms with van der Waals surface area (Å²) in [7, 11) is 1.55. The van der Waals surface area contributed by atoms with Gasteiger partial charge in [0.1, 0.15) is 5.75 Å². The van der Waals surface area contributed by atoms with Gasteiger partial charge in [-0.3, -0.25) is 0 Å². The van der Waals surface area contributed by atoms with Gasteiger partial charge in [0, 0.05) is 6.04 Å². The molecule has 0 radical (unpaired) electrons. The average molecular weight is 403 g/mol. The van der Waals surface area contributed by atoms with E-state index in [9.17, 15) is 15.0 Å². The Bertz CT molecular complexity index is 777. The van der Waals surface area contributed by atoms with Crippen LogP contribution in [0.5, 0.6) is 17.2 Å². The van der Waals surface area contributed by atoms with Crippen molar-refractivity contribution in [3.8, 4) is 17.2 Å². The molecule has 0 fully saturated rings. The first-order valence-corrected chi connectivity index (χ1v) is 9.60. The molecule has 0 aliphatic heterocycles. The van der Waals surface area contributed by atoms with E-state index in [2.05, 4.69) is 5.32 Å². The standard InChI is InChI=1S/C22H29NO6/c1-4-28-21(25)14-29-19-10-5-16(13-20(19)27-3)11-12-23-15(2)22(26)17-6-8-18(24)9-7-17/h5-10,13,15,22-24,26H,4,11-12,14H2,1-3H3/t15-,22-/m0/s1. The van der Waals surface area contributed by atoms with E-state index >= 15 is 0 Å². The molecule has 7 heteroatoms. The number of esters is 1. The van der Waals surface area contributed by atoms with Gasteiger partial charge in [0.15, 0.2) is 18.1 Å². The number of methoxy groups -OCH3 is 1. The Labute approximate surface area is 171 Å². The lowest BCUT2D eigenvalue weighted by Crippen LogP contribution is -2.33. The molecule has 0 bridgehead atoms. The zero-order valence-corrected chi connectivity index (χ0v) is 17.1. The lowest BCUT2D eigenvalue weighted by Gasteiger charge is -2.21. The number of aliphatic hydroxyl groups excluding tert-OH is 1. The molecule has 158 valence electrons. The van der Waals surface area contributed by atoms with Crippen molar-refractivity contribution in [2.75, 3.05) is 26.9 Å². The second-order valence-corrected chi connectivity index (χ2v) is 6.61. The number of phenolic OH excluding ortho intramolecular Hbond substituents is 1. The fourth-order valence-electron chi connectivity index (χ4n) is 2.84. The fraction of sp³-hybridized carbons (Fsp3) is 0.409. The van der Waals surface area contributed by atoms with Crippen molar-refractivity contribution in [2.45, 2.75) is 32.4 Å². The van der Waals surface area contributed by atoms with Crippen molar-refractivity contribution < 1.29 is 29.2 Å². The first-order valence-electron chi connectivity index (χ1n) is 9.60. The first-order chi connectivity index (χ1) is 13.9. The summed E-state index contributed by atoms with van der Waals surface area (Å²) in [5.41, 5.74) is 1.77. The lowest BCUT2D eigenvalue weighted by molar-refractivity contribution is -0.145. The number of ether oxygens (including phenoxy) is 3. The summed E-state index contributed by atoms with van der Waals surface area (Å²) in [4.78, 5) is 11.4. The number of nitrogens with one attached hydrogen (secondary N) is 1. The highest BCUT2D eigenvalue weighted by Crippen LogP contribution is 2.28. The van der Waals surface area contributed by atoms with Gasteiger partial charge in [0.25, 0.3) is 0 Å². The minimum atomic E-state index is -0.677. The highest BCUT2D eigenvalue weighted by Gasteiger charge is 2.16. The van der Waals surface area contributed by atoms with Crippen LogP contribution in [0, 0.1) is 0 Å². The molecule has 0 spiro atoms. The topological polar surface area (TPSA) is 97.3 Å². The molecule has 0 aliphatic carbocycles. The average Bonchev–Trinajstić information content (AvgIpc) is 2.72. The van der Waals surface area contributed by atoms with Crippen LogP contribution in [-0.4, -0.2) is 49.1 Å². The third-order valence-electron chi connectivity index (χ3n) is 4.47. The van der Waals surface area contributed by atoms with Gasteiger partial charge in [-0.1, -0.05) is 18.2 Å². The van der Waals surface area contributed by atoms with Crippen LogP contribution in [0.25, 0.3) is 0 Å². The van der Waals surface area contributed by atoms with Crippen molar-refractivity contribution in [2.24, 2.45) is 0 Å². The molecule has 0 amide bonds. The Morgan fingerprint density at radius 2 is 1.86 bits per heavy atom. The van der Waals surface area contributed by atoms with E-state index < -0.39 is 12.1 Å². The Morgan fingerprint density at radius 3 is 2.52 bits per heavy atom. The number of benzene rings is 2. The predicted molar refractivity (Wildman–Crippen MR) is 109 cm³/mol. The zero-order valence-electron chi connectivity index (χ0n) is 17.1. The van der Waals surface area contributed by atoms with Gasteiger partial charge in [-0.2, -0.15) is 0 Å². The van der Waals surface area contributed by atoms with Crippen LogP contribution in [0.2, 0.25) is 0 Å². The van der Waals surface area contributed by atoms with E-state index in [0.717, 1.165) is 17.5 Å². The molecule has 0 saturated heterocycles. The minimum absolute atomic E-state index is 0.159. The Balaban J connectivity index is 1.86. The van der Waals surface area contributed by atoms with E-state index in [4.69, 9.17) is 14.2 Å². The number of rotatable bonds is 11. The Hall–Kier alpha value is -2.77. The zero-order chi connectivity index (χ0) is 21.2. The van der Waals surface area contributed by atoms with Crippen LogP contribution < -0.4 is 14.8 Å². The minimum Gasteiger partial charge on any atom is -0.508 e. The lowest BCUT2D eigenvalue weighted by atomic mass is 10.0. The molecule has 0 aromatic heterocycles. The number of phenols is 1. The summed E-state index contributed by atoms with van der Waals surface area (Å²) in [6.07, 6.45) is 0.0463.